The number of nitrogens with one attached hydrogen (secondary N) is 1. The summed E-state index contributed by atoms with van der Waals surface area (Å²) in [6, 6.07) is 3.76. The third-order valence-electron chi connectivity index (χ3n) is 3.46. The number of rotatable bonds is 9. The summed E-state index contributed by atoms with van der Waals surface area (Å²) in [5.41, 5.74) is 1.75. The normalized spacial score (nSPS) is 10.5. The Labute approximate surface area is 120 Å². The number of carboxylic acid groups (broad SMARTS) is 1. The van der Waals surface area contributed by atoms with Crippen LogP contribution in [0.15, 0.2) is 12.1 Å². The lowest BCUT2D eigenvalue weighted by atomic mass is 10.1. The molecule has 0 radical (unpaired) electrons. The fourth-order valence-electron chi connectivity index (χ4n) is 2.07. The van der Waals surface area contributed by atoms with Crippen molar-refractivity contribution in [3.63, 3.8) is 0 Å². The van der Waals surface area contributed by atoms with Crippen molar-refractivity contribution in [2.45, 2.75) is 45.4 Å². The molecule has 0 saturated carbocycles. The van der Waals surface area contributed by atoms with E-state index < -0.39 is 5.97 Å². The molecule has 1 aromatic rings. The first-order valence-corrected chi connectivity index (χ1v) is 7.14. The van der Waals surface area contributed by atoms with Gasteiger partial charge in [-0.2, -0.15) is 0 Å². The van der Waals surface area contributed by atoms with E-state index in [4.69, 9.17) is 5.11 Å². The van der Waals surface area contributed by atoms with Crippen LogP contribution in [0.4, 0.5) is 0 Å². The van der Waals surface area contributed by atoms with Gasteiger partial charge in [-0.3, -0.25) is 9.59 Å². The lowest BCUT2D eigenvalue weighted by Gasteiger charge is -2.07. The highest BCUT2D eigenvalue weighted by atomic mass is 16.4. The van der Waals surface area contributed by atoms with Crippen LogP contribution >= 0.6 is 0 Å². The first kappa shape index (κ1) is 16.3. The zero-order chi connectivity index (χ0) is 15.0. The standard InChI is InChI=1S/C15H24N2O3/c1-12-9-10-13(17(12)2)15(20)16-11-7-5-3-4-6-8-14(18)19/h9-10H,3-8,11H2,1-2H3,(H,16,20)(H,18,19). The van der Waals surface area contributed by atoms with Crippen LogP contribution in [0.3, 0.4) is 0 Å². The second-order valence-corrected chi connectivity index (χ2v) is 5.09. The molecule has 0 atom stereocenters. The molecule has 0 spiro atoms. The van der Waals surface area contributed by atoms with Crippen LogP contribution in [0, 0.1) is 6.92 Å². The van der Waals surface area contributed by atoms with Crippen molar-refractivity contribution in [1.82, 2.24) is 9.88 Å². The number of hydrogen-bond donors (Lipinski definition) is 2. The number of unbranched alkanes of at least 4 members (excludes halogenated alkanes) is 4. The molecular weight excluding hydrogens is 256 g/mol. The molecule has 0 aliphatic rings. The molecule has 0 unspecified atom stereocenters. The Morgan fingerprint density at radius 3 is 2.40 bits per heavy atom. The van der Waals surface area contributed by atoms with Gasteiger partial charge in [0, 0.05) is 25.7 Å². The van der Waals surface area contributed by atoms with Gasteiger partial charge in [0.05, 0.1) is 0 Å². The minimum atomic E-state index is -0.727. The van der Waals surface area contributed by atoms with Crippen LogP contribution < -0.4 is 5.32 Å². The van der Waals surface area contributed by atoms with Gasteiger partial charge in [-0.05, 0) is 31.9 Å². The van der Waals surface area contributed by atoms with Crippen LogP contribution in [0.5, 0.6) is 0 Å². The molecule has 0 aliphatic heterocycles. The summed E-state index contributed by atoms with van der Waals surface area (Å²) in [7, 11) is 1.88. The first-order chi connectivity index (χ1) is 9.52. The lowest BCUT2D eigenvalue weighted by Crippen LogP contribution is -2.26. The zero-order valence-corrected chi connectivity index (χ0v) is 12.3. The van der Waals surface area contributed by atoms with Gasteiger partial charge in [-0.25, -0.2) is 0 Å². The van der Waals surface area contributed by atoms with Crippen molar-refractivity contribution in [2.24, 2.45) is 7.05 Å². The summed E-state index contributed by atoms with van der Waals surface area (Å²) >= 11 is 0. The Morgan fingerprint density at radius 1 is 1.15 bits per heavy atom. The largest absolute Gasteiger partial charge is 0.481 e. The van der Waals surface area contributed by atoms with E-state index in [9.17, 15) is 9.59 Å². The number of carboxylic acids is 1. The van der Waals surface area contributed by atoms with Gasteiger partial charge < -0.3 is 15.0 Å². The molecule has 0 aliphatic carbocycles. The zero-order valence-electron chi connectivity index (χ0n) is 12.3. The number of aliphatic carboxylic acids is 1. The molecule has 1 amide bonds. The molecule has 1 rings (SSSR count). The fourth-order valence-corrected chi connectivity index (χ4v) is 2.07. The van der Waals surface area contributed by atoms with Gasteiger partial charge in [-0.15, -0.1) is 0 Å². The molecule has 1 heterocycles. The minimum Gasteiger partial charge on any atom is -0.481 e. The summed E-state index contributed by atoms with van der Waals surface area (Å²) in [6.45, 7) is 2.63. The number of aryl methyl sites for hydroxylation is 1. The molecule has 5 nitrogen and oxygen atoms in total. The highest BCUT2D eigenvalue weighted by Crippen LogP contribution is 2.07. The molecule has 0 aromatic carbocycles. The second-order valence-electron chi connectivity index (χ2n) is 5.09. The summed E-state index contributed by atoms with van der Waals surface area (Å²) in [5, 5.41) is 11.4. The van der Waals surface area contributed by atoms with Crippen LogP contribution in [-0.4, -0.2) is 28.1 Å². The van der Waals surface area contributed by atoms with E-state index in [-0.39, 0.29) is 12.3 Å². The van der Waals surface area contributed by atoms with Gasteiger partial charge in [-0.1, -0.05) is 19.3 Å². The summed E-state index contributed by atoms with van der Waals surface area (Å²) in [5.74, 6) is -0.762. The number of hydrogen-bond acceptors (Lipinski definition) is 2. The van der Waals surface area contributed by atoms with E-state index in [1.165, 1.54) is 0 Å². The van der Waals surface area contributed by atoms with Crippen molar-refractivity contribution in [1.29, 1.82) is 0 Å². The third kappa shape index (κ3) is 5.47. The van der Waals surface area contributed by atoms with Crippen LogP contribution in [0.25, 0.3) is 0 Å². The number of carbonyl (C=O) groups is 2. The van der Waals surface area contributed by atoms with Crippen molar-refractivity contribution in [2.75, 3.05) is 6.54 Å². The minimum absolute atomic E-state index is 0.0357. The number of nitrogens with zero attached hydrogens (tertiary/aromatic N) is 1. The Balaban J connectivity index is 2.08. The SMILES string of the molecule is Cc1ccc(C(=O)NCCCCCCCC(=O)O)n1C. The molecule has 2 N–H and O–H groups in total. The number of aromatic nitrogens is 1. The fraction of sp³-hybridized carbons (Fsp3) is 0.600. The van der Waals surface area contributed by atoms with Gasteiger partial charge in [0.15, 0.2) is 0 Å². The Kier molecular flexibility index (Phi) is 6.84. The van der Waals surface area contributed by atoms with E-state index in [1.54, 1.807) is 0 Å². The predicted octanol–water partition coefficient (Wildman–Crippen LogP) is 2.49. The van der Waals surface area contributed by atoms with Crippen LogP contribution in [0.1, 0.15) is 54.7 Å². The predicted molar refractivity (Wildman–Crippen MR) is 77.8 cm³/mol. The van der Waals surface area contributed by atoms with E-state index in [0.29, 0.717) is 12.2 Å². The molecule has 0 fully saturated rings. The highest BCUT2D eigenvalue weighted by molar-refractivity contribution is 5.92. The number of amides is 1. The third-order valence-corrected chi connectivity index (χ3v) is 3.46. The average molecular weight is 280 g/mol. The van der Waals surface area contributed by atoms with E-state index in [1.807, 2.05) is 30.7 Å². The molecule has 20 heavy (non-hydrogen) atoms. The van der Waals surface area contributed by atoms with Crippen molar-refractivity contribution < 1.29 is 14.7 Å². The van der Waals surface area contributed by atoms with E-state index >= 15 is 0 Å². The van der Waals surface area contributed by atoms with Crippen LogP contribution in [-0.2, 0) is 11.8 Å². The second kappa shape index (κ2) is 8.40. The molecule has 1 aromatic heterocycles. The number of carbonyl (C=O) groups excluding carboxylic acids is 1. The molecule has 112 valence electrons. The van der Waals surface area contributed by atoms with E-state index in [0.717, 1.165) is 37.8 Å². The maximum absolute atomic E-state index is 11.9. The summed E-state index contributed by atoms with van der Waals surface area (Å²) < 4.78 is 1.88. The molecular formula is C15H24N2O3. The van der Waals surface area contributed by atoms with Crippen molar-refractivity contribution in [3.8, 4) is 0 Å². The monoisotopic (exact) mass is 280 g/mol. The highest BCUT2D eigenvalue weighted by Gasteiger charge is 2.09. The summed E-state index contributed by atoms with van der Waals surface area (Å²) in [6.07, 6.45) is 4.91. The maximum Gasteiger partial charge on any atom is 0.303 e. The van der Waals surface area contributed by atoms with E-state index in [2.05, 4.69) is 5.32 Å². The maximum atomic E-state index is 11.9. The Bertz CT molecular complexity index is 452. The van der Waals surface area contributed by atoms with Crippen molar-refractivity contribution in [3.05, 3.63) is 23.5 Å². The smallest absolute Gasteiger partial charge is 0.303 e. The topological polar surface area (TPSA) is 71.3 Å². The van der Waals surface area contributed by atoms with Gasteiger partial charge in [0.2, 0.25) is 0 Å². The van der Waals surface area contributed by atoms with Gasteiger partial charge >= 0.3 is 5.97 Å². The Morgan fingerprint density at radius 2 is 1.80 bits per heavy atom. The van der Waals surface area contributed by atoms with Gasteiger partial charge in [0.25, 0.3) is 5.91 Å². The summed E-state index contributed by atoms with van der Waals surface area (Å²) in [4.78, 5) is 22.2. The van der Waals surface area contributed by atoms with Crippen molar-refractivity contribution >= 4 is 11.9 Å². The lowest BCUT2D eigenvalue weighted by molar-refractivity contribution is -0.137. The first-order valence-electron chi connectivity index (χ1n) is 7.14. The quantitative estimate of drug-likeness (QED) is 0.683. The molecule has 0 saturated heterocycles. The Hall–Kier alpha value is -1.78. The van der Waals surface area contributed by atoms with Crippen LogP contribution in [0.2, 0.25) is 0 Å². The van der Waals surface area contributed by atoms with Gasteiger partial charge in [0.1, 0.15) is 5.69 Å². The molecule has 5 heteroatoms. The average Bonchev–Trinajstić information content (AvgIpc) is 2.72. The molecule has 0 bridgehead atoms.